The van der Waals surface area contributed by atoms with Crippen LogP contribution in [0.5, 0.6) is 0 Å². The van der Waals surface area contributed by atoms with E-state index in [1.54, 1.807) is 6.07 Å². The van der Waals surface area contributed by atoms with Gasteiger partial charge in [-0.15, -0.1) is 4.91 Å². The lowest BCUT2D eigenvalue weighted by atomic mass is 9.98. The van der Waals surface area contributed by atoms with Gasteiger partial charge in [-0.25, -0.2) is 4.39 Å². The number of hydrogen-bond donors (Lipinski definition) is 0. The van der Waals surface area contributed by atoms with E-state index in [1.165, 1.54) is 12.1 Å². The number of benzene rings is 1. The molecule has 13 heavy (non-hydrogen) atoms. The fraction of sp³-hybridized carbons (Fsp3) is 0.400. The van der Waals surface area contributed by atoms with Gasteiger partial charge in [-0.2, -0.15) is 0 Å². The van der Waals surface area contributed by atoms with E-state index in [9.17, 15) is 9.30 Å². The van der Waals surface area contributed by atoms with Crippen LogP contribution in [-0.4, -0.2) is 0 Å². The van der Waals surface area contributed by atoms with Crippen LogP contribution in [0, 0.1) is 10.7 Å². The van der Waals surface area contributed by atoms with Crippen molar-refractivity contribution in [2.45, 2.75) is 26.2 Å². The summed E-state index contributed by atoms with van der Waals surface area (Å²) in [4.78, 5) is 10.1. The zero-order valence-electron chi connectivity index (χ0n) is 7.75. The minimum atomic E-state index is -0.534. The Kier molecular flexibility index (Phi) is 3.12. The van der Waals surface area contributed by atoms with Crippen molar-refractivity contribution in [2.75, 3.05) is 0 Å². The largest absolute Gasteiger partial charge is 0.204 e. The van der Waals surface area contributed by atoms with Crippen LogP contribution in [-0.2, 0) is 0 Å². The molecule has 1 unspecified atom stereocenters. The molecule has 0 saturated heterocycles. The molecular weight excluding hydrogens is 169 g/mol. The molecule has 0 N–H and O–H groups in total. The molecule has 1 rings (SSSR count). The Morgan fingerprint density at radius 2 is 2.23 bits per heavy atom. The molecule has 0 aromatic heterocycles. The summed E-state index contributed by atoms with van der Waals surface area (Å²) in [6.07, 6.45) is 0.952. The lowest BCUT2D eigenvalue weighted by molar-refractivity contribution is 0.621. The Bertz CT molecular complexity index is 312. The van der Waals surface area contributed by atoms with Crippen molar-refractivity contribution in [2.24, 2.45) is 5.18 Å². The minimum Gasteiger partial charge on any atom is -0.204 e. The molecule has 0 radical (unpaired) electrons. The SMILES string of the molecule is CCC(C)c1ccc(N=O)c(F)c1. The maximum atomic E-state index is 13.1. The first-order valence-corrected chi connectivity index (χ1v) is 4.31. The Balaban J connectivity index is 3.02. The zero-order valence-corrected chi connectivity index (χ0v) is 7.75. The van der Waals surface area contributed by atoms with Crippen molar-refractivity contribution >= 4 is 5.69 Å². The summed E-state index contributed by atoms with van der Waals surface area (Å²) in [5.41, 5.74) is 0.791. The van der Waals surface area contributed by atoms with E-state index in [0.717, 1.165) is 12.0 Å². The highest BCUT2D eigenvalue weighted by Crippen LogP contribution is 2.24. The third-order valence-electron chi connectivity index (χ3n) is 2.25. The van der Waals surface area contributed by atoms with Crippen molar-refractivity contribution in [1.29, 1.82) is 0 Å². The van der Waals surface area contributed by atoms with E-state index in [4.69, 9.17) is 0 Å². The first-order chi connectivity index (χ1) is 6.19. The first kappa shape index (κ1) is 9.84. The Morgan fingerprint density at radius 1 is 1.54 bits per heavy atom. The maximum absolute atomic E-state index is 13.1. The van der Waals surface area contributed by atoms with Gasteiger partial charge in [-0.3, -0.25) is 0 Å². The summed E-state index contributed by atoms with van der Waals surface area (Å²) < 4.78 is 13.1. The van der Waals surface area contributed by atoms with Crippen molar-refractivity contribution < 1.29 is 4.39 Å². The molecule has 0 aliphatic rings. The zero-order chi connectivity index (χ0) is 9.84. The molecule has 0 amide bonds. The van der Waals surface area contributed by atoms with Gasteiger partial charge in [0, 0.05) is 0 Å². The highest BCUT2D eigenvalue weighted by molar-refractivity contribution is 5.41. The molecule has 0 aliphatic heterocycles. The third-order valence-corrected chi connectivity index (χ3v) is 2.25. The number of rotatable bonds is 3. The van der Waals surface area contributed by atoms with Gasteiger partial charge in [0.25, 0.3) is 0 Å². The number of nitroso groups, excluding NO2 is 1. The third kappa shape index (κ3) is 2.11. The summed E-state index contributed by atoms with van der Waals surface area (Å²) in [6, 6.07) is 4.54. The molecule has 1 aromatic rings. The van der Waals surface area contributed by atoms with Gasteiger partial charge in [-0.1, -0.05) is 19.9 Å². The molecule has 1 aromatic carbocycles. The van der Waals surface area contributed by atoms with Gasteiger partial charge in [0.1, 0.15) is 5.69 Å². The topological polar surface area (TPSA) is 29.4 Å². The lowest BCUT2D eigenvalue weighted by Crippen LogP contribution is -1.91. The quantitative estimate of drug-likeness (QED) is 0.653. The lowest BCUT2D eigenvalue weighted by Gasteiger charge is -2.08. The smallest absolute Gasteiger partial charge is 0.152 e. The molecule has 0 heterocycles. The van der Waals surface area contributed by atoms with Gasteiger partial charge in [0.2, 0.25) is 0 Å². The van der Waals surface area contributed by atoms with Gasteiger partial charge < -0.3 is 0 Å². The van der Waals surface area contributed by atoms with E-state index in [2.05, 4.69) is 5.18 Å². The van der Waals surface area contributed by atoms with Gasteiger partial charge in [0.05, 0.1) is 0 Å². The minimum absolute atomic E-state index is 0.118. The number of hydrogen-bond acceptors (Lipinski definition) is 2. The Labute approximate surface area is 76.8 Å². The van der Waals surface area contributed by atoms with Gasteiger partial charge >= 0.3 is 0 Å². The van der Waals surface area contributed by atoms with Crippen LogP contribution in [0.4, 0.5) is 10.1 Å². The Morgan fingerprint density at radius 3 is 2.69 bits per heavy atom. The van der Waals surface area contributed by atoms with E-state index in [-0.39, 0.29) is 5.69 Å². The summed E-state index contributed by atoms with van der Waals surface area (Å²) >= 11 is 0. The van der Waals surface area contributed by atoms with E-state index >= 15 is 0 Å². The van der Waals surface area contributed by atoms with Crippen LogP contribution in [0.15, 0.2) is 23.4 Å². The van der Waals surface area contributed by atoms with Crippen molar-refractivity contribution in [3.63, 3.8) is 0 Å². The average molecular weight is 181 g/mol. The van der Waals surface area contributed by atoms with Crippen molar-refractivity contribution in [3.8, 4) is 0 Å². The maximum Gasteiger partial charge on any atom is 0.152 e. The normalized spacial score (nSPS) is 12.5. The molecular formula is C10H12FNO. The Hall–Kier alpha value is -1.25. The highest BCUT2D eigenvalue weighted by atomic mass is 19.1. The predicted molar refractivity (Wildman–Crippen MR) is 50.6 cm³/mol. The van der Waals surface area contributed by atoms with Gasteiger partial charge in [0.15, 0.2) is 5.82 Å². The fourth-order valence-electron chi connectivity index (χ4n) is 1.14. The average Bonchev–Trinajstić information content (AvgIpc) is 2.16. The first-order valence-electron chi connectivity index (χ1n) is 4.31. The molecule has 70 valence electrons. The molecule has 0 spiro atoms. The molecule has 1 atom stereocenters. The van der Waals surface area contributed by atoms with Gasteiger partial charge in [-0.05, 0) is 35.2 Å². The van der Waals surface area contributed by atoms with E-state index < -0.39 is 5.82 Å². The van der Waals surface area contributed by atoms with Crippen LogP contribution in [0.1, 0.15) is 31.7 Å². The molecule has 0 fully saturated rings. The van der Waals surface area contributed by atoms with Crippen molar-refractivity contribution in [3.05, 3.63) is 34.5 Å². The summed E-state index contributed by atoms with van der Waals surface area (Å²) in [6.45, 7) is 4.05. The fourth-order valence-corrected chi connectivity index (χ4v) is 1.14. The number of nitrogens with zero attached hydrogens (tertiary/aromatic N) is 1. The summed E-state index contributed by atoms with van der Waals surface area (Å²) in [7, 11) is 0. The van der Waals surface area contributed by atoms with E-state index in [0.29, 0.717) is 5.92 Å². The molecule has 0 bridgehead atoms. The monoisotopic (exact) mass is 181 g/mol. The summed E-state index contributed by atoms with van der Waals surface area (Å²) in [5, 5.41) is 2.57. The second kappa shape index (κ2) is 4.12. The standard InChI is InChI=1S/C10H12FNO/c1-3-7(2)8-4-5-10(12-13)9(11)6-8/h4-7H,3H2,1-2H3. The van der Waals surface area contributed by atoms with Crippen LogP contribution >= 0.6 is 0 Å². The molecule has 2 nitrogen and oxygen atoms in total. The van der Waals surface area contributed by atoms with Crippen LogP contribution in [0.2, 0.25) is 0 Å². The van der Waals surface area contributed by atoms with Crippen LogP contribution in [0.3, 0.4) is 0 Å². The van der Waals surface area contributed by atoms with Crippen LogP contribution in [0.25, 0.3) is 0 Å². The highest BCUT2D eigenvalue weighted by Gasteiger charge is 2.07. The molecule has 0 saturated carbocycles. The summed E-state index contributed by atoms with van der Waals surface area (Å²) in [5.74, 6) is -0.219. The second-order valence-corrected chi connectivity index (χ2v) is 3.11. The molecule has 3 heteroatoms. The predicted octanol–water partition coefficient (Wildman–Crippen LogP) is 3.74. The van der Waals surface area contributed by atoms with Crippen LogP contribution < -0.4 is 0 Å². The molecule has 0 aliphatic carbocycles. The van der Waals surface area contributed by atoms with E-state index in [1.807, 2.05) is 13.8 Å². The second-order valence-electron chi connectivity index (χ2n) is 3.11. The van der Waals surface area contributed by atoms with Crippen molar-refractivity contribution in [1.82, 2.24) is 0 Å². The number of halogens is 1.